The topological polar surface area (TPSA) is 17.1 Å². The number of halogens is 1. The Balaban J connectivity index is 2.25. The van der Waals surface area contributed by atoms with Crippen LogP contribution in [0, 0.1) is 20.8 Å². The second-order valence-corrected chi connectivity index (χ2v) is 11.1. The Labute approximate surface area is 154 Å². The predicted molar refractivity (Wildman–Crippen MR) is 111 cm³/mol. The molecule has 0 aliphatic carbocycles. The molecule has 128 valence electrons. The second kappa shape index (κ2) is 7.12. The van der Waals surface area contributed by atoms with Crippen molar-refractivity contribution in [1.29, 1.82) is 0 Å². The van der Waals surface area contributed by atoms with Crippen molar-refractivity contribution in [3.05, 3.63) is 95.1 Å². The van der Waals surface area contributed by atoms with Gasteiger partial charge in [-0.25, -0.2) is 0 Å². The maximum absolute atomic E-state index is 13.8. The molecule has 3 aromatic rings. The van der Waals surface area contributed by atoms with E-state index in [1.807, 2.05) is 81.4 Å². The third-order valence-corrected chi connectivity index (χ3v) is 9.52. The van der Waals surface area contributed by atoms with Gasteiger partial charge in [-0.3, -0.25) is 0 Å². The molecular weight excluding hydrogens is 347 g/mol. The summed E-state index contributed by atoms with van der Waals surface area (Å²) in [6.07, 6.45) is 0. The van der Waals surface area contributed by atoms with Crippen LogP contribution in [0.3, 0.4) is 0 Å². The molecule has 1 nitrogen and oxygen atoms in total. The molecular formula is C22H22ClOP. The van der Waals surface area contributed by atoms with Gasteiger partial charge < -0.3 is 0 Å². The van der Waals surface area contributed by atoms with E-state index >= 15 is 0 Å². The number of carbonyl (C=O) groups is 1. The van der Waals surface area contributed by atoms with E-state index in [-0.39, 0.29) is 5.52 Å². The molecule has 0 heterocycles. The molecule has 0 aliphatic rings. The van der Waals surface area contributed by atoms with Crippen molar-refractivity contribution in [2.24, 2.45) is 0 Å². The minimum atomic E-state index is -3.09. The molecule has 25 heavy (non-hydrogen) atoms. The molecule has 0 aromatic heterocycles. The van der Waals surface area contributed by atoms with Crippen LogP contribution in [0.25, 0.3) is 0 Å². The normalized spacial score (nSPS) is 12.0. The van der Waals surface area contributed by atoms with Crippen molar-refractivity contribution in [3.8, 4) is 0 Å². The number of hydrogen-bond donors (Lipinski definition) is 0. The predicted octanol–water partition coefficient (Wildman–Crippen LogP) is 5.31. The van der Waals surface area contributed by atoms with Crippen LogP contribution in [0.1, 0.15) is 27.0 Å². The monoisotopic (exact) mass is 368 g/mol. The van der Waals surface area contributed by atoms with E-state index in [1.165, 1.54) is 0 Å². The molecule has 0 saturated carbocycles. The first-order valence-corrected chi connectivity index (χ1v) is 11.4. The second-order valence-electron chi connectivity index (χ2n) is 6.49. The summed E-state index contributed by atoms with van der Waals surface area (Å²) in [5.41, 5.74) is 3.97. The van der Waals surface area contributed by atoms with Gasteiger partial charge in [-0.15, -0.1) is 0 Å². The molecule has 0 spiro atoms. The average Bonchev–Trinajstić information content (AvgIpc) is 2.61. The molecule has 0 aliphatic heterocycles. The first-order chi connectivity index (χ1) is 11.9. The SMILES string of the molecule is Cc1cc(C)c(C(=O)[PH](Cl)(c2ccccc2)c2ccccc2)c(C)c1. The molecule has 3 rings (SSSR count). The van der Waals surface area contributed by atoms with Crippen molar-refractivity contribution >= 4 is 34.0 Å². The quantitative estimate of drug-likeness (QED) is 0.570. The molecule has 0 amide bonds. The average molecular weight is 369 g/mol. The van der Waals surface area contributed by atoms with Gasteiger partial charge in [-0.1, -0.05) is 0 Å². The Morgan fingerprint density at radius 3 is 1.56 bits per heavy atom. The third-order valence-electron chi connectivity index (χ3n) is 4.56. The van der Waals surface area contributed by atoms with E-state index < -0.39 is 6.62 Å². The van der Waals surface area contributed by atoms with E-state index in [4.69, 9.17) is 11.2 Å². The zero-order valence-electron chi connectivity index (χ0n) is 14.7. The summed E-state index contributed by atoms with van der Waals surface area (Å²) in [4.78, 5) is 13.8. The van der Waals surface area contributed by atoms with Crippen molar-refractivity contribution in [2.45, 2.75) is 20.8 Å². The zero-order chi connectivity index (χ0) is 18.0. The summed E-state index contributed by atoms with van der Waals surface area (Å²) in [5.74, 6) is 0. The first-order valence-electron chi connectivity index (χ1n) is 8.37. The summed E-state index contributed by atoms with van der Waals surface area (Å²) in [5, 5.41) is 1.85. The molecule has 0 atom stereocenters. The van der Waals surface area contributed by atoms with Gasteiger partial charge in [0.25, 0.3) is 0 Å². The Bertz CT molecular complexity index is 841. The summed E-state index contributed by atoms with van der Waals surface area (Å²) < 4.78 is 0. The number of carbonyl (C=O) groups excluding carboxylic acids is 1. The van der Waals surface area contributed by atoms with Gasteiger partial charge in [-0.2, -0.15) is 0 Å². The van der Waals surface area contributed by atoms with Gasteiger partial charge in [0, 0.05) is 0 Å². The van der Waals surface area contributed by atoms with Crippen LogP contribution in [-0.4, -0.2) is 5.52 Å². The van der Waals surface area contributed by atoms with Gasteiger partial charge in [0.1, 0.15) is 0 Å². The van der Waals surface area contributed by atoms with E-state index in [2.05, 4.69) is 12.1 Å². The number of aryl methyl sites for hydroxylation is 3. The fourth-order valence-electron chi connectivity index (χ4n) is 3.47. The van der Waals surface area contributed by atoms with Crippen LogP contribution < -0.4 is 10.6 Å². The van der Waals surface area contributed by atoms with Crippen molar-refractivity contribution in [1.82, 2.24) is 0 Å². The maximum atomic E-state index is 13.8. The summed E-state index contributed by atoms with van der Waals surface area (Å²) in [6.45, 7) is 2.95. The van der Waals surface area contributed by atoms with E-state index in [9.17, 15) is 4.79 Å². The van der Waals surface area contributed by atoms with Crippen LogP contribution >= 0.6 is 17.9 Å². The fraction of sp³-hybridized carbons (Fsp3) is 0.136. The number of hydrogen-bond acceptors (Lipinski definition) is 1. The Kier molecular flexibility index (Phi) is 5.08. The number of rotatable bonds is 4. The molecule has 0 saturated heterocycles. The third kappa shape index (κ3) is 3.27. The molecule has 0 fully saturated rings. The molecule has 0 radical (unpaired) electrons. The molecule has 3 aromatic carbocycles. The Morgan fingerprint density at radius 2 is 1.16 bits per heavy atom. The molecule has 0 bridgehead atoms. The Morgan fingerprint density at radius 1 is 0.760 bits per heavy atom. The summed E-state index contributed by atoms with van der Waals surface area (Å²) in [7, 11) is 0. The van der Waals surface area contributed by atoms with Gasteiger partial charge in [0.2, 0.25) is 0 Å². The van der Waals surface area contributed by atoms with Gasteiger partial charge >= 0.3 is 155 Å². The van der Waals surface area contributed by atoms with Crippen molar-refractivity contribution < 1.29 is 4.79 Å². The van der Waals surface area contributed by atoms with E-state index in [1.54, 1.807) is 0 Å². The van der Waals surface area contributed by atoms with Gasteiger partial charge in [0.15, 0.2) is 0 Å². The zero-order valence-corrected chi connectivity index (χ0v) is 16.5. The van der Waals surface area contributed by atoms with Crippen LogP contribution in [-0.2, 0) is 0 Å². The first kappa shape index (κ1) is 17.9. The minimum absolute atomic E-state index is 0.0570. The van der Waals surface area contributed by atoms with Crippen LogP contribution in [0.2, 0.25) is 0 Å². The summed E-state index contributed by atoms with van der Waals surface area (Å²) >= 11 is 7.25. The van der Waals surface area contributed by atoms with E-state index in [0.29, 0.717) is 0 Å². The van der Waals surface area contributed by atoms with Crippen molar-refractivity contribution in [3.63, 3.8) is 0 Å². The van der Waals surface area contributed by atoms with Gasteiger partial charge in [-0.05, 0) is 0 Å². The van der Waals surface area contributed by atoms with Crippen LogP contribution in [0.5, 0.6) is 0 Å². The molecule has 0 unspecified atom stereocenters. The summed E-state index contributed by atoms with van der Waals surface area (Å²) in [6, 6.07) is 23.7. The fourth-order valence-corrected chi connectivity index (χ4v) is 7.41. The number of benzene rings is 3. The van der Waals surface area contributed by atoms with Crippen LogP contribution in [0.4, 0.5) is 0 Å². The molecule has 0 N–H and O–H groups in total. The van der Waals surface area contributed by atoms with Gasteiger partial charge in [0.05, 0.1) is 0 Å². The van der Waals surface area contributed by atoms with Crippen LogP contribution in [0.15, 0.2) is 72.8 Å². The standard InChI is InChI=1S/C22H22ClOP/c1-16-14-17(2)21(18(3)15-16)22(24)25(23,19-10-6-4-7-11-19)20-12-8-5-9-13-20/h4-15,25H,1-3H3. The van der Waals surface area contributed by atoms with E-state index in [0.717, 1.165) is 32.9 Å². The Hall–Kier alpha value is -1.95. The van der Waals surface area contributed by atoms with Crippen molar-refractivity contribution in [2.75, 3.05) is 0 Å². The molecule has 3 heteroatoms.